The molecule has 16 nitrogen and oxygen atoms in total. The molecule has 0 aliphatic carbocycles. The minimum absolute atomic E-state index is 0.0223. The predicted molar refractivity (Wildman–Crippen MR) is 150 cm³/mol. The van der Waals surface area contributed by atoms with Crippen LogP contribution in [0.25, 0.3) is 5.69 Å². The van der Waals surface area contributed by atoms with Crippen molar-refractivity contribution < 1.29 is 34.4 Å². The van der Waals surface area contributed by atoms with Crippen LogP contribution in [0, 0.1) is 18.3 Å². The van der Waals surface area contributed by atoms with E-state index in [4.69, 9.17) is 0 Å². The first-order chi connectivity index (χ1) is 19.9. The fourth-order valence-electron chi connectivity index (χ4n) is 4.33. The van der Waals surface area contributed by atoms with Gasteiger partial charge in [0, 0.05) is 5.41 Å². The third-order valence-electron chi connectivity index (χ3n) is 6.31. The highest BCUT2D eigenvalue weighted by molar-refractivity contribution is 7.90. The highest BCUT2D eigenvalue weighted by Gasteiger charge is 2.37. The molecule has 0 amide bonds. The van der Waals surface area contributed by atoms with Gasteiger partial charge in [-0.3, -0.25) is 9.11 Å². The lowest BCUT2D eigenvalue weighted by Crippen LogP contribution is -2.23. The summed E-state index contributed by atoms with van der Waals surface area (Å²) >= 11 is 0. The van der Waals surface area contributed by atoms with Crippen LogP contribution in [0.3, 0.4) is 0 Å². The van der Waals surface area contributed by atoms with Gasteiger partial charge in [0.1, 0.15) is 21.4 Å². The van der Waals surface area contributed by atoms with Crippen molar-refractivity contribution in [3.05, 3.63) is 59.4 Å². The van der Waals surface area contributed by atoms with Gasteiger partial charge in [0.15, 0.2) is 17.3 Å². The summed E-state index contributed by atoms with van der Waals surface area (Å²) in [7, 11) is -14.0. The molecule has 43 heavy (non-hydrogen) atoms. The number of para-hydroxylation sites is 1. The second-order valence-corrected chi connectivity index (χ2v) is 14.9. The fraction of sp³-hybridized carbons (Fsp3) is 0.208. The van der Waals surface area contributed by atoms with E-state index in [1.54, 1.807) is 39.0 Å². The quantitative estimate of drug-likeness (QED) is 0.183. The molecule has 0 saturated carbocycles. The number of azo groups is 1. The molecule has 0 spiro atoms. The first-order valence-electron chi connectivity index (χ1n) is 12.1. The van der Waals surface area contributed by atoms with Gasteiger partial charge < -0.3 is 5.32 Å². The Morgan fingerprint density at radius 1 is 1.00 bits per heavy atom. The summed E-state index contributed by atoms with van der Waals surface area (Å²) in [5.41, 5.74) is -1.10. The van der Waals surface area contributed by atoms with Crippen LogP contribution >= 0.6 is 0 Å². The average Bonchev–Trinajstić information content (AvgIpc) is 3.43. The number of nitriles is 1. The normalized spacial score (nSPS) is 14.6. The van der Waals surface area contributed by atoms with Crippen LogP contribution in [0.2, 0.25) is 0 Å². The molecule has 19 heteroatoms. The minimum atomic E-state index is -4.99. The number of fused-ring (bicyclic) bond motifs is 2. The molecule has 3 N–H and O–H groups in total. The topological polar surface area (TPSA) is 239 Å². The number of hydrogen-bond donors (Lipinski definition) is 3. The number of aromatic nitrogens is 4. The molecule has 0 atom stereocenters. The third-order valence-corrected chi connectivity index (χ3v) is 9.70. The number of nitrogens with one attached hydrogen (secondary N) is 1. The molecule has 2 aromatic carbocycles. The maximum atomic E-state index is 13.4. The van der Waals surface area contributed by atoms with Crippen molar-refractivity contribution in [1.29, 1.82) is 5.26 Å². The Hall–Kier alpha value is -4.48. The standard InChI is InChI=1S/C24H22N8O8S3/c1-13-15(12-25)22(31(29-13)17-11-14(42(35,36)37)9-10-19(17)43(38,39)40)28-27-20-21(24(2,3)4)30-32-23(20)26-16-7-5-6-8-18(16)41(32,33)34/h5-11,26H,1-4H3,(H,35,36,37)(H,38,39,40). The molecular formula is C24H22N8O8S3. The number of hydrogen-bond acceptors (Lipinski definition) is 12. The monoisotopic (exact) mass is 646 g/mol. The number of nitrogens with zero attached hydrogens (tertiary/aromatic N) is 7. The number of aryl methyl sites for hydroxylation is 1. The molecule has 0 fully saturated rings. The maximum absolute atomic E-state index is 13.4. The summed E-state index contributed by atoms with van der Waals surface area (Å²) in [5, 5.41) is 29.7. The molecule has 0 saturated heterocycles. The van der Waals surface area contributed by atoms with Crippen molar-refractivity contribution in [2.75, 3.05) is 5.32 Å². The molecular weight excluding hydrogens is 625 g/mol. The van der Waals surface area contributed by atoms with Gasteiger partial charge in [0.05, 0.1) is 27.7 Å². The van der Waals surface area contributed by atoms with Gasteiger partial charge >= 0.3 is 0 Å². The smallest absolute Gasteiger partial charge is 0.296 e. The van der Waals surface area contributed by atoms with E-state index < -0.39 is 57.0 Å². The van der Waals surface area contributed by atoms with Gasteiger partial charge in [-0.05, 0) is 37.3 Å². The van der Waals surface area contributed by atoms with Crippen molar-refractivity contribution in [2.24, 2.45) is 10.2 Å². The van der Waals surface area contributed by atoms with Crippen LogP contribution in [-0.4, -0.2) is 53.3 Å². The van der Waals surface area contributed by atoms with E-state index in [-0.39, 0.29) is 39.0 Å². The first-order valence-corrected chi connectivity index (χ1v) is 16.4. The summed E-state index contributed by atoms with van der Waals surface area (Å²) < 4.78 is 95.9. The van der Waals surface area contributed by atoms with E-state index in [1.165, 1.54) is 13.0 Å². The lowest BCUT2D eigenvalue weighted by molar-refractivity contribution is 0.477. The number of rotatable bonds is 5. The van der Waals surface area contributed by atoms with Crippen LogP contribution in [0.15, 0.2) is 67.4 Å². The van der Waals surface area contributed by atoms with E-state index in [2.05, 4.69) is 25.7 Å². The minimum Gasteiger partial charge on any atom is -0.336 e. The van der Waals surface area contributed by atoms with E-state index in [0.717, 1.165) is 27.0 Å². The summed E-state index contributed by atoms with van der Waals surface area (Å²) in [5.74, 6) is -0.447. The lowest BCUT2D eigenvalue weighted by atomic mass is 9.91. The summed E-state index contributed by atoms with van der Waals surface area (Å²) in [6, 6.07) is 10.2. The molecule has 1 aliphatic heterocycles. The zero-order chi connectivity index (χ0) is 31.7. The molecule has 0 unspecified atom stereocenters. The molecule has 224 valence electrons. The molecule has 0 bridgehead atoms. The van der Waals surface area contributed by atoms with Crippen molar-refractivity contribution in [3.63, 3.8) is 0 Å². The van der Waals surface area contributed by atoms with Crippen molar-refractivity contribution in [3.8, 4) is 11.8 Å². The number of benzene rings is 2. The van der Waals surface area contributed by atoms with Crippen LogP contribution in [0.1, 0.15) is 37.7 Å². The third kappa shape index (κ3) is 5.08. The van der Waals surface area contributed by atoms with Crippen LogP contribution in [0.5, 0.6) is 0 Å². The van der Waals surface area contributed by atoms with E-state index in [0.29, 0.717) is 0 Å². The van der Waals surface area contributed by atoms with Gasteiger partial charge in [-0.2, -0.15) is 40.7 Å². The van der Waals surface area contributed by atoms with Gasteiger partial charge in [0.2, 0.25) is 0 Å². The van der Waals surface area contributed by atoms with E-state index in [1.807, 2.05) is 6.07 Å². The largest absolute Gasteiger partial charge is 0.336 e. The molecule has 3 heterocycles. The maximum Gasteiger partial charge on any atom is 0.296 e. The van der Waals surface area contributed by atoms with Crippen LogP contribution < -0.4 is 5.32 Å². The zero-order valence-corrected chi connectivity index (χ0v) is 25.2. The highest BCUT2D eigenvalue weighted by atomic mass is 32.2. The molecule has 2 aromatic heterocycles. The van der Waals surface area contributed by atoms with Crippen molar-refractivity contribution in [1.82, 2.24) is 19.0 Å². The van der Waals surface area contributed by atoms with Crippen molar-refractivity contribution >= 4 is 53.3 Å². The molecule has 4 aromatic rings. The lowest BCUT2D eigenvalue weighted by Gasteiger charge is -2.19. The second-order valence-electron chi connectivity index (χ2n) is 10.4. The average molecular weight is 647 g/mol. The Bertz CT molecular complexity index is 2240. The van der Waals surface area contributed by atoms with Crippen LogP contribution in [0.4, 0.5) is 23.0 Å². The van der Waals surface area contributed by atoms with Gasteiger partial charge in [-0.15, -0.1) is 14.3 Å². The molecule has 0 radical (unpaired) electrons. The SMILES string of the molecule is Cc1nn(-c2cc(S(=O)(=O)O)ccc2S(=O)(=O)O)c(N=Nc2c(C(C)(C)C)nn3c2Nc2ccccc2S3(=O)=O)c1C#N. The highest BCUT2D eigenvalue weighted by Crippen LogP contribution is 2.45. The summed E-state index contributed by atoms with van der Waals surface area (Å²) in [6.07, 6.45) is 0. The van der Waals surface area contributed by atoms with E-state index in [9.17, 15) is 39.6 Å². The Balaban J connectivity index is 1.79. The molecule has 1 aliphatic rings. The summed E-state index contributed by atoms with van der Waals surface area (Å²) in [4.78, 5) is -1.57. The molecule has 5 rings (SSSR count). The fourth-order valence-corrected chi connectivity index (χ4v) is 6.88. The van der Waals surface area contributed by atoms with Crippen molar-refractivity contribution in [2.45, 2.75) is 47.8 Å². The summed E-state index contributed by atoms with van der Waals surface area (Å²) in [6.45, 7) is 6.67. The van der Waals surface area contributed by atoms with Crippen LogP contribution in [-0.2, 0) is 35.7 Å². The Morgan fingerprint density at radius 3 is 2.28 bits per heavy atom. The second kappa shape index (κ2) is 9.78. The predicted octanol–water partition coefficient (Wildman–Crippen LogP) is 3.75. The van der Waals surface area contributed by atoms with E-state index >= 15 is 0 Å². The number of anilines is 2. The van der Waals surface area contributed by atoms with Gasteiger partial charge in [-0.1, -0.05) is 32.9 Å². The van der Waals surface area contributed by atoms with Gasteiger partial charge in [0.25, 0.3) is 30.3 Å². The Morgan fingerprint density at radius 2 is 1.67 bits per heavy atom. The first kappa shape index (κ1) is 30.0. The zero-order valence-electron chi connectivity index (χ0n) is 22.7. The Kier molecular flexibility index (Phi) is 6.82. The Labute approximate surface area is 245 Å². The van der Waals surface area contributed by atoms with Gasteiger partial charge in [-0.25, -0.2) is 4.68 Å².